The number of amides is 1. The van der Waals surface area contributed by atoms with Crippen LogP contribution in [0.5, 0.6) is 0 Å². The van der Waals surface area contributed by atoms with Crippen LogP contribution in [0.25, 0.3) is 0 Å². The normalized spacial score (nSPS) is 23.7. The summed E-state index contributed by atoms with van der Waals surface area (Å²) in [6.07, 6.45) is 6.00. The molecule has 3 rings (SSSR count). The Morgan fingerprint density at radius 1 is 1.33 bits per heavy atom. The van der Waals surface area contributed by atoms with Crippen LogP contribution in [0.4, 0.5) is 0 Å². The number of carbonyl (C=O) groups is 1. The molecule has 0 N–H and O–H groups in total. The molecule has 3 nitrogen and oxygen atoms in total. The quantitative estimate of drug-likeness (QED) is 0.838. The number of thiophene rings is 1. The molecule has 1 fully saturated rings. The highest BCUT2D eigenvalue weighted by Gasteiger charge is 2.25. The molecular formula is C17H26N2OS. The zero-order valence-corrected chi connectivity index (χ0v) is 14.0. The van der Waals surface area contributed by atoms with Gasteiger partial charge in [0, 0.05) is 24.5 Å². The standard InChI is InChI=1S/C17H26N2OS/c1-3-13-5-6-15-14(11-13)12-16(21-15)17(20)19-8-4-7-18(2)9-10-19/h12-13H,3-11H2,1-2H3/t13-/m1/s1. The number of likely N-dealkylation sites (N-methyl/N-ethyl adjacent to an activating group) is 1. The Bertz CT molecular complexity index is 511. The third-order valence-corrected chi connectivity index (χ3v) is 6.20. The summed E-state index contributed by atoms with van der Waals surface area (Å²) < 4.78 is 0. The van der Waals surface area contributed by atoms with Gasteiger partial charge in [-0.3, -0.25) is 4.79 Å². The second kappa shape index (κ2) is 6.49. The van der Waals surface area contributed by atoms with Gasteiger partial charge in [-0.2, -0.15) is 0 Å². The van der Waals surface area contributed by atoms with Gasteiger partial charge in [-0.25, -0.2) is 0 Å². The fraction of sp³-hybridized carbons (Fsp3) is 0.706. The van der Waals surface area contributed by atoms with Gasteiger partial charge in [0.15, 0.2) is 0 Å². The summed E-state index contributed by atoms with van der Waals surface area (Å²) >= 11 is 1.75. The van der Waals surface area contributed by atoms with Crippen molar-refractivity contribution in [1.29, 1.82) is 0 Å². The van der Waals surface area contributed by atoms with E-state index in [4.69, 9.17) is 0 Å². The summed E-state index contributed by atoms with van der Waals surface area (Å²) in [7, 11) is 2.14. The van der Waals surface area contributed by atoms with Gasteiger partial charge in [0.1, 0.15) is 0 Å². The van der Waals surface area contributed by atoms with Gasteiger partial charge in [-0.1, -0.05) is 13.3 Å². The fourth-order valence-corrected chi connectivity index (χ4v) is 4.63. The van der Waals surface area contributed by atoms with Gasteiger partial charge in [0.05, 0.1) is 4.88 Å². The smallest absolute Gasteiger partial charge is 0.263 e. The largest absolute Gasteiger partial charge is 0.337 e. The van der Waals surface area contributed by atoms with Crippen LogP contribution in [0.15, 0.2) is 6.07 Å². The molecule has 0 unspecified atom stereocenters. The van der Waals surface area contributed by atoms with Gasteiger partial charge >= 0.3 is 0 Å². The Balaban J connectivity index is 1.72. The second-order valence-electron chi connectivity index (χ2n) is 6.53. The highest BCUT2D eigenvalue weighted by molar-refractivity contribution is 7.14. The highest BCUT2D eigenvalue weighted by atomic mass is 32.1. The maximum absolute atomic E-state index is 12.7. The Morgan fingerprint density at radius 3 is 3.00 bits per heavy atom. The van der Waals surface area contributed by atoms with Crippen molar-refractivity contribution < 1.29 is 4.79 Å². The van der Waals surface area contributed by atoms with Crippen LogP contribution in [-0.2, 0) is 12.8 Å². The average molecular weight is 306 g/mol. The van der Waals surface area contributed by atoms with Crippen molar-refractivity contribution in [3.05, 3.63) is 21.4 Å². The maximum atomic E-state index is 12.7. The van der Waals surface area contributed by atoms with Crippen LogP contribution >= 0.6 is 11.3 Å². The molecule has 0 radical (unpaired) electrons. The topological polar surface area (TPSA) is 23.6 Å². The summed E-state index contributed by atoms with van der Waals surface area (Å²) in [6.45, 7) is 6.15. The molecule has 1 saturated heterocycles. The SMILES string of the molecule is CC[C@@H]1CCc2sc(C(=O)N3CCCN(C)CC3)cc2C1. The summed E-state index contributed by atoms with van der Waals surface area (Å²) in [5.74, 6) is 1.08. The molecule has 2 aliphatic rings. The Labute approximate surface area is 131 Å². The first kappa shape index (κ1) is 15.0. The van der Waals surface area contributed by atoms with Crippen LogP contribution in [-0.4, -0.2) is 48.9 Å². The van der Waals surface area contributed by atoms with Crippen LogP contribution in [0.2, 0.25) is 0 Å². The van der Waals surface area contributed by atoms with E-state index in [1.807, 2.05) is 0 Å². The predicted octanol–water partition coefficient (Wildman–Crippen LogP) is 3.04. The molecule has 0 aromatic carbocycles. The highest BCUT2D eigenvalue weighted by Crippen LogP contribution is 2.34. The molecule has 1 aromatic rings. The number of hydrogen-bond acceptors (Lipinski definition) is 3. The van der Waals surface area contributed by atoms with Crippen molar-refractivity contribution in [3.63, 3.8) is 0 Å². The molecule has 1 amide bonds. The summed E-state index contributed by atoms with van der Waals surface area (Å²) in [4.78, 5) is 19.6. The van der Waals surface area contributed by atoms with Crippen molar-refractivity contribution in [3.8, 4) is 0 Å². The summed E-state index contributed by atoms with van der Waals surface area (Å²) in [5.41, 5.74) is 1.45. The lowest BCUT2D eigenvalue weighted by molar-refractivity contribution is 0.0767. The molecule has 2 heterocycles. The molecule has 1 aromatic heterocycles. The first-order valence-corrected chi connectivity index (χ1v) is 9.08. The van der Waals surface area contributed by atoms with Gasteiger partial charge in [0.2, 0.25) is 0 Å². The maximum Gasteiger partial charge on any atom is 0.263 e. The van der Waals surface area contributed by atoms with E-state index in [2.05, 4.69) is 29.8 Å². The van der Waals surface area contributed by atoms with Gasteiger partial charge in [0.25, 0.3) is 5.91 Å². The first-order valence-electron chi connectivity index (χ1n) is 8.26. The second-order valence-corrected chi connectivity index (χ2v) is 7.66. The Hall–Kier alpha value is -0.870. The van der Waals surface area contributed by atoms with E-state index >= 15 is 0 Å². The van der Waals surface area contributed by atoms with Crippen LogP contribution in [0.3, 0.4) is 0 Å². The number of nitrogens with zero attached hydrogens (tertiary/aromatic N) is 2. The molecule has 1 aliphatic carbocycles. The lowest BCUT2D eigenvalue weighted by Gasteiger charge is -2.19. The lowest BCUT2D eigenvalue weighted by atomic mass is 9.87. The summed E-state index contributed by atoms with van der Waals surface area (Å²) in [6, 6.07) is 2.19. The zero-order valence-electron chi connectivity index (χ0n) is 13.2. The number of fused-ring (bicyclic) bond motifs is 1. The minimum absolute atomic E-state index is 0.262. The molecule has 1 atom stereocenters. The first-order chi connectivity index (χ1) is 10.2. The minimum atomic E-state index is 0.262. The molecule has 0 spiro atoms. The fourth-order valence-electron chi connectivity index (χ4n) is 3.46. The van der Waals surface area contributed by atoms with Crippen LogP contribution < -0.4 is 0 Å². The summed E-state index contributed by atoms with van der Waals surface area (Å²) in [5, 5.41) is 0. The van der Waals surface area contributed by atoms with E-state index < -0.39 is 0 Å². The van der Waals surface area contributed by atoms with Crippen LogP contribution in [0, 0.1) is 5.92 Å². The molecule has 0 bridgehead atoms. The van der Waals surface area contributed by atoms with Crippen molar-refractivity contribution in [2.75, 3.05) is 33.2 Å². The number of hydrogen-bond donors (Lipinski definition) is 0. The molecular weight excluding hydrogens is 280 g/mol. The van der Waals surface area contributed by atoms with E-state index in [-0.39, 0.29) is 5.91 Å². The monoisotopic (exact) mass is 306 g/mol. The van der Waals surface area contributed by atoms with E-state index in [9.17, 15) is 4.79 Å². The van der Waals surface area contributed by atoms with Crippen molar-refractivity contribution in [2.24, 2.45) is 5.92 Å². The molecule has 116 valence electrons. The Morgan fingerprint density at radius 2 is 2.19 bits per heavy atom. The van der Waals surface area contributed by atoms with E-state index in [0.29, 0.717) is 0 Å². The van der Waals surface area contributed by atoms with Crippen LogP contribution in [0.1, 0.15) is 46.3 Å². The average Bonchev–Trinajstić information content (AvgIpc) is 2.80. The van der Waals surface area contributed by atoms with E-state index in [1.54, 1.807) is 11.3 Å². The molecule has 1 aliphatic heterocycles. The van der Waals surface area contributed by atoms with Gasteiger partial charge in [-0.15, -0.1) is 11.3 Å². The lowest BCUT2D eigenvalue weighted by Crippen LogP contribution is -2.34. The van der Waals surface area contributed by atoms with Gasteiger partial charge in [-0.05, 0) is 56.8 Å². The van der Waals surface area contributed by atoms with Crippen molar-refractivity contribution in [2.45, 2.75) is 39.0 Å². The predicted molar refractivity (Wildman–Crippen MR) is 88.1 cm³/mol. The zero-order chi connectivity index (χ0) is 14.8. The molecule has 21 heavy (non-hydrogen) atoms. The Kier molecular flexibility index (Phi) is 4.65. The van der Waals surface area contributed by atoms with Gasteiger partial charge < -0.3 is 9.80 Å². The third-order valence-electron chi connectivity index (χ3n) is 4.98. The van der Waals surface area contributed by atoms with E-state index in [0.717, 1.165) is 43.4 Å². The number of aryl methyl sites for hydroxylation is 1. The number of rotatable bonds is 2. The van der Waals surface area contributed by atoms with E-state index in [1.165, 1.54) is 36.1 Å². The molecule has 4 heteroatoms. The van der Waals surface area contributed by atoms with Crippen molar-refractivity contribution in [1.82, 2.24) is 9.80 Å². The molecule has 0 saturated carbocycles. The minimum Gasteiger partial charge on any atom is -0.337 e. The third kappa shape index (κ3) is 3.32. The van der Waals surface area contributed by atoms with Crippen molar-refractivity contribution >= 4 is 17.2 Å². The number of carbonyl (C=O) groups excluding carboxylic acids is 1.